The van der Waals surface area contributed by atoms with Gasteiger partial charge in [0.05, 0.1) is 17.6 Å². The molecule has 0 aliphatic carbocycles. The molecule has 1 amide bonds. The first-order valence-corrected chi connectivity index (χ1v) is 8.88. The van der Waals surface area contributed by atoms with Gasteiger partial charge < -0.3 is 15.2 Å². The van der Waals surface area contributed by atoms with Gasteiger partial charge in [0.25, 0.3) is 5.91 Å². The smallest absolute Gasteiger partial charge is 0.329 e. The number of carboxylic acids is 1. The number of hydrogen-bond acceptors (Lipinski definition) is 5. The van der Waals surface area contributed by atoms with Crippen molar-refractivity contribution in [3.05, 3.63) is 23.8 Å². The van der Waals surface area contributed by atoms with Crippen molar-refractivity contribution in [2.45, 2.75) is 37.1 Å². The molecule has 1 aromatic carbocycles. The van der Waals surface area contributed by atoms with Crippen molar-refractivity contribution in [1.29, 1.82) is 0 Å². The predicted octanol–water partition coefficient (Wildman–Crippen LogP) is 1.47. The maximum absolute atomic E-state index is 12.4. The van der Waals surface area contributed by atoms with Gasteiger partial charge in [0, 0.05) is 6.26 Å². The number of nitrogens with one attached hydrogen (secondary N) is 1. The third-order valence-electron chi connectivity index (χ3n) is 3.46. The molecule has 1 atom stereocenters. The Hall–Kier alpha value is -2.09. The molecule has 1 aromatic rings. The summed E-state index contributed by atoms with van der Waals surface area (Å²) in [5.74, 6) is -1.70. The molecule has 8 heteroatoms. The van der Waals surface area contributed by atoms with Crippen LogP contribution in [-0.2, 0) is 14.6 Å². The lowest BCUT2D eigenvalue weighted by atomic mass is 9.95. The lowest BCUT2D eigenvalue weighted by molar-refractivity contribution is -0.144. The van der Waals surface area contributed by atoms with Gasteiger partial charge in [-0.2, -0.15) is 0 Å². The van der Waals surface area contributed by atoms with E-state index in [0.717, 1.165) is 6.26 Å². The molecule has 1 unspecified atom stereocenters. The fourth-order valence-electron chi connectivity index (χ4n) is 2.14. The summed E-state index contributed by atoms with van der Waals surface area (Å²) in [6, 6.07) is 3.87. The molecular formula is C15H21NO6S. The molecule has 0 saturated carbocycles. The number of ether oxygens (including phenoxy) is 1. The third-order valence-corrected chi connectivity index (χ3v) is 4.57. The van der Waals surface area contributed by atoms with Gasteiger partial charge >= 0.3 is 5.97 Å². The number of methoxy groups -OCH3 is 1. The van der Waals surface area contributed by atoms with E-state index in [0.29, 0.717) is 6.42 Å². The van der Waals surface area contributed by atoms with Crippen LogP contribution in [0.2, 0.25) is 0 Å². The lowest BCUT2D eigenvalue weighted by Crippen LogP contribution is -2.52. The normalized spacial score (nSPS) is 13.9. The second-order valence-electron chi connectivity index (χ2n) is 5.48. The van der Waals surface area contributed by atoms with E-state index < -0.39 is 27.3 Å². The Labute approximate surface area is 135 Å². The molecule has 0 aromatic heterocycles. The first-order chi connectivity index (χ1) is 10.5. The highest BCUT2D eigenvalue weighted by Crippen LogP contribution is 2.24. The van der Waals surface area contributed by atoms with Crippen LogP contribution in [0.4, 0.5) is 0 Å². The van der Waals surface area contributed by atoms with Crippen LogP contribution in [0.5, 0.6) is 5.75 Å². The molecule has 0 radical (unpaired) electrons. The van der Waals surface area contributed by atoms with Crippen LogP contribution >= 0.6 is 0 Å². The minimum absolute atomic E-state index is 0.0287. The molecule has 1 rings (SSSR count). The predicted molar refractivity (Wildman–Crippen MR) is 84.5 cm³/mol. The van der Waals surface area contributed by atoms with Gasteiger partial charge in [-0.3, -0.25) is 4.79 Å². The number of carboxylic acid groups (broad SMARTS) is 1. The van der Waals surface area contributed by atoms with E-state index in [-0.39, 0.29) is 22.6 Å². The van der Waals surface area contributed by atoms with Crippen LogP contribution in [0.3, 0.4) is 0 Å². The maximum Gasteiger partial charge on any atom is 0.329 e. The van der Waals surface area contributed by atoms with Crippen molar-refractivity contribution >= 4 is 21.7 Å². The van der Waals surface area contributed by atoms with Gasteiger partial charge in [0.1, 0.15) is 11.3 Å². The van der Waals surface area contributed by atoms with Gasteiger partial charge in [0.2, 0.25) is 0 Å². The van der Waals surface area contributed by atoms with Crippen molar-refractivity contribution in [1.82, 2.24) is 5.32 Å². The molecular weight excluding hydrogens is 322 g/mol. The average Bonchev–Trinajstić information content (AvgIpc) is 2.45. The number of rotatable bonds is 7. The number of amides is 1. The van der Waals surface area contributed by atoms with E-state index in [4.69, 9.17) is 4.74 Å². The van der Waals surface area contributed by atoms with Crippen LogP contribution < -0.4 is 10.1 Å². The Morgan fingerprint density at radius 2 is 1.96 bits per heavy atom. The van der Waals surface area contributed by atoms with Crippen LogP contribution in [-0.4, -0.2) is 44.3 Å². The minimum atomic E-state index is -3.51. The van der Waals surface area contributed by atoms with Gasteiger partial charge in [0.15, 0.2) is 9.84 Å². The Balaban J connectivity index is 3.28. The second-order valence-corrected chi connectivity index (χ2v) is 7.49. The zero-order valence-corrected chi connectivity index (χ0v) is 14.4. The summed E-state index contributed by atoms with van der Waals surface area (Å²) in [4.78, 5) is 23.8. The minimum Gasteiger partial charge on any atom is -0.496 e. The Kier molecular flexibility index (Phi) is 5.76. The van der Waals surface area contributed by atoms with Crippen molar-refractivity contribution < 1.29 is 27.9 Å². The molecule has 23 heavy (non-hydrogen) atoms. The number of hydrogen-bond donors (Lipinski definition) is 2. The van der Waals surface area contributed by atoms with E-state index in [1.165, 1.54) is 32.2 Å². The molecule has 0 aliphatic rings. The molecule has 7 nitrogen and oxygen atoms in total. The van der Waals surface area contributed by atoms with Gasteiger partial charge in [-0.25, -0.2) is 13.2 Å². The summed E-state index contributed by atoms with van der Waals surface area (Å²) < 4.78 is 28.3. The average molecular weight is 343 g/mol. The highest BCUT2D eigenvalue weighted by Gasteiger charge is 2.34. The van der Waals surface area contributed by atoms with Gasteiger partial charge in [-0.1, -0.05) is 13.3 Å². The molecule has 2 N–H and O–H groups in total. The molecule has 128 valence electrons. The number of aliphatic carboxylic acids is 1. The topological polar surface area (TPSA) is 110 Å². The Morgan fingerprint density at radius 3 is 2.39 bits per heavy atom. The Morgan fingerprint density at radius 1 is 1.35 bits per heavy atom. The van der Waals surface area contributed by atoms with E-state index >= 15 is 0 Å². The summed E-state index contributed by atoms with van der Waals surface area (Å²) >= 11 is 0. The lowest BCUT2D eigenvalue weighted by Gasteiger charge is -2.26. The SMILES string of the molecule is CCCC(C)(NC(=O)c1cc(S(C)(=O)=O)ccc1OC)C(=O)O. The maximum atomic E-state index is 12.4. The van der Waals surface area contributed by atoms with Gasteiger partial charge in [-0.15, -0.1) is 0 Å². The quantitative estimate of drug-likeness (QED) is 0.776. The highest BCUT2D eigenvalue weighted by molar-refractivity contribution is 7.90. The standard InChI is InChI=1S/C15H21NO6S/c1-5-8-15(2,14(18)19)16-13(17)11-9-10(23(4,20)21)6-7-12(11)22-3/h6-7,9H,5,8H2,1-4H3,(H,16,17)(H,18,19). The van der Waals surface area contributed by atoms with E-state index in [2.05, 4.69) is 5.32 Å². The Bertz CT molecular complexity index is 713. The summed E-state index contributed by atoms with van der Waals surface area (Å²) in [6.07, 6.45) is 1.82. The van der Waals surface area contributed by atoms with E-state index in [1.807, 2.05) is 0 Å². The first-order valence-electron chi connectivity index (χ1n) is 6.99. The molecule has 0 spiro atoms. The molecule has 0 bridgehead atoms. The number of sulfone groups is 1. The van der Waals surface area contributed by atoms with Crippen LogP contribution in [0, 0.1) is 0 Å². The third kappa shape index (κ3) is 4.44. The van der Waals surface area contributed by atoms with Crippen molar-refractivity contribution in [3.8, 4) is 5.75 Å². The zero-order valence-electron chi connectivity index (χ0n) is 13.5. The molecule has 0 saturated heterocycles. The number of carbonyl (C=O) groups excluding carboxylic acids is 1. The molecule has 0 fully saturated rings. The fraction of sp³-hybridized carbons (Fsp3) is 0.467. The first kappa shape index (κ1) is 19.0. The van der Waals surface area contributed by atoms with E-state index in [9.17, 15) is 23.1 Å². The van der Waals surface area contributed by atoms with Gasteiger partial charge in [-0.05, 0) is 31.5 Å². The van der Waals surface area contributed by atoms with Crippen LogP contribution in [0.25, 0.3) is 0 Å². The van der Waals surface area contributed by atoms with E-state index in [1.54, 1.807) is 6.92 Å². The van der Waals surface area contributed by atoms with Crippen LogP contribution in [0.15, 0.2) is 23.1 Å². The van der Waals surface area contributed by atoms with Crippen LogP contribution in [0.1, 0.15) is 37.0 Å². The monoisotopic (exact) mass is 343 g/mol. The van der Waals surface area contributed by atoms with Crippen molar-refractivity contribution in [2.75, 3.05) is 13.4 Å². The summed E-state index contributed by atoms with van der Waals surface area (Å²) in [5, 5.41) is 11.8. The summed E-state index contributed by atoms with van der Waals surface area (Å²) in [7, 11) is -2.16. The number of benzene rings is 1. The molecule has 0 aliphatic heterocycles. The zero-order chi connectivity index (χ0) is 17.8. The summed E-state index contributed by atoms with van der Waals surface area (Å²) in [6.45, 7) is 3.21. The second kappa shape index (κ2) is 6.99. The number of carbonyl (C=O) groups is 2. The highest BCUT2D eigenvalue weighted by atomic mass is 32.2. The summed E-state index contributed by atoms with van der Waals surface area (Å²) in [5.41, 5.74) is -1.48. The fourth-order valence-corrected chi connectivity index (χ4v) is 2.78. The van der Waals surface area contributed by atoms with Crippen molar-refractivity contribution in [3.63, 3.8) is 0 Å². The molecule has 0 heterocycles. The van der Waals surface area contributed by atoms with Crippen molar-refractivity contribution in [2.24, 2.45) is 0 Å². The largest absolute Gasteiger partial charge is 0.496 e.